The Kier molecular flexibility index (Phi) is 25.7. The van der Waals surface area contributed by atoms with E-state index >= 15 is 0 Å². The van der Waals surface area contributed by atoms with Crippen LogP contribution in [0.4, 0.5) is 15.3 Å². The number of ether oxygens (including phenoxy) is 5. The molecule has 5 heterocycles. The van der Waals surface area contributed by atoms with Crippen molar-refractivity contribution in [1.82, 2.24) is 56.2 Å². The maximum absolute atomic E-state index is 13.9. The smallest absolute Gasteiger partial charge is 0.407 e. The Hall–Kier alpha value is -9.25. The van der Waals surface area contributed by atoms with Crippen molar-refractivity contribution in [3.8, 4) is 22.5 Å². The van der Waals surface area contributed by atoms with Gasteiger partial charge in [-0.15, -0.1) is 0 Å². The number of carbonyl (C=O) groups excluding carboxylic acids is 8. The molecule has 2 aliphatic heterocycles. The Morgan fingerprint density at radius 3 is 2.11 bits per heavy atom. The number of imide groups is 1. The maximum Gasteiger partial charge on any atom is 0.407 e. The number of hydrogen-bond donors (Lipinski definition) is 8. The lowest BCUT2D eigenvalue weighted by molar-refractivity contribution is -0.139. The number of aryl methyl sites for hydroxylation is 1. The standard InChI is InChI=1S/C60H75N13O15/c1-38(2)54(70-57(80)46(16-19-52(77)78)68-49(74)21-27-84-29-31-86-33-34-87-32-30-85-28-26-72-50(75)17-18-51(72)76)58(81)69-45(8-5-23-63-59(61)82)56(79)67-41-13-10-39(11-14-41)37-88-60(83)64-24-20-42-36-65-43-15-12-40(35-47(43)66-42)53-48-9-6-25-73(48)71-55(53)44-7-3-4-22-62-44/h3-4,7,10-15,17-18,22,35-36,38,45-46,54H,5-6,8-9,16,19-21,23-34,37H2,1-2H3,(H,64,83)(H,67,79)(H,68,74)(H,69,81)(H,70,80)(H,77,78)(H3,61,63,82)/t45-,46-,54-/m0/s1. The molecule has 3 atom stereocenters. The predicted molar refractivity (Wildman–Crippen MR) is 317 cm³/mol. The summed E-state index contributed by atoms with van der Waals surface area (Å²) >= 11 is 0. The first-order valence-corrected chi connectivity index (χ1v) is 29.1. The van der Waals surface area contributed by atoms with Crippen LogP contribution >= 0.6 is 0 Å². The van der Waals surface area contributed by atoms with Crippen LogP contribution in [0.1, 0.15) is 69.3 Å². The Balaban J connectivity index is 0.827. The molecule has 5 aromatic rings. The Morgan fingerprint density at radius 1 is 0.727 bits per heavy atom. The van der Waals surface area contributed by atoms with Crippen LogP contribution in [0.15, 0.2) is 85.2 Å². The number of carbonyl (C=O) groups is 9. The molecule has 2 aliphatic rings. The van der Waals surface area contributed by atoms with Gasteiger partial charge in [-0.2, -0.15) is 5.10 Å². The van der Waals surface area contributed by atoms with Gasteiger partial charge < -0.3 is 66.4 Å². The highest BCUT2D eigenvalue weighted by Gasteiger charge is 2.32. The minimum atomic E-state index is -1.35. The highest BCUT2D eigenvalue weighted by Crippen LogP contribution is 2.37. The zero-order valence-electron chi connectivity index (χ0n) is 49.2. The first kappa shape index (κ1) is 66.3. The van der Waals surface area contributed by atoms with Crippen molar-refractivity contribution < 1.29 is 71.9 Å². The van der Waals surface area contributed by atoms with Crippen molar-refractivity contribution in [2.24, 2.45) is 11.7 Å². The molecule has 0 spiro atoms. The summed E-state index contributed by atoms with van der Waals surface area (Å²) in [5, 5.41) is 30.1. The van der Waals surface area contributed by atoms with Gasteiger partial charge in [0, 0.05) is 80.4 Å². The SMILES string of the molecule is CC(C)[C@H](NC(=O)[C@H](CCC(=O)O)NC(=O)CCOCCOCCOCCOCCN1C(=O)C=CC1=O)C(=O)N[C@@H](CCCNC(N)=O)C(=O)Nc1ccc(COC(=O)NCCc2cnc3ccc(-c4c(-c5ccccn5)nn5c4CCC5)cc3n2)cc1. The summed E-state index contributed by atoms with van der Waals surface area (Å²) in [5.74, 6) is -5.35. The normalized spacial score (nSPS) is 13.6. The molecular formula is C60H75N13O15. The van der Waals surface area contributed by atoms with E-state index in [-0.39, 0.29) is 117 Å². The van der Waals surface area contributed by atoms with Crippen LogP contribution in [-0.4, -0.2) is 179 Å². The molecule has 0 saturated heterocycles. The lowest BCUT2D eigenvalue weighted by Crippen LogP contribution is -2.58. The van der Waals surface area contributed by atoms with Crippen molar-refractivity contribution in [2.45, 2.75) is 96.5 Å². The third-order valence-electron chi connectivity index (χ3n) is 14.0. The third-order valence-corrected chi connectivity index (χ3v) is 14.0. The van der Waals surface area contributed by atoms with Crippen LogP contribution in [0.2, 0.25) is 0 Å². The van der Waals surface area contributed by atoms with E-state index in [1.165, 1.54) is 12.2 Å². The molecule has 28 heteroatoms. The number of carboxylic acids is 1. The number of anilines is 1. The number of nitrogens with two attached hydrogens (primary N) is 1. The van der Waals surface area contributed by atoms with Gasteiger partial charge in [0.2, 0.25) is 23.6 Å². The number of aromatic nitrogens is 5. The van der Waals surface area contributed by atoms with E-state index in [0.29, 0.717) is 28.9 Å². The molecule has 0 saturated carbocycles. The number of rotatable bonds is 37. The molecule has 470 valence electrons. The molecule has 7 rings (SSSR count). The van der Waals surface area contributed by atoms with Crippen LogP contribution in [0.25, 0.3) is 33.5 Å². The van der Waals surface area contributed by atoms with Gasteiger partial charge in [0.15, 0.2) is 0 Å². The maximum atomic E-state index is 13.9. The summed E-state index contributed by atoms with van der Waals surface area (Å²) < 4.78 is 29.3. The summed E-state index contributed by atoms with van der Waals surface area (Å²) in [4.78, 5) is 128. The van der Waals surface area contributed by atoms with Crippen molar-refractivity contribution in [3.05, 3.63) is 102 Å². The number of primary amides is 1. The second kappa shape index (κ2) is 34.2. The molecule has 0 aliphatic carbocycles. The number of benzene rings is 2. The van der Waals surface area contributed by atoms with Gasteiger partial charge in [0.25, 0.3) is 11.8 Å². The minimum Gasteiger partial charge on any atom is -0.481 e. The van der Waals surface area contributed by atoms with Gasteiger partial charge in [0.05, 0.1) is 81.8 Å². The van der Waals surface area contributed by atoms with Gasteiger partial charge in [-0.25, -0.2) is 14.6 Å². The lowest BCUT2D eigenvalue weighted by atomic mass is 9.99. The zero-order valence-corrected chi connectivity index (χ0v) is 49.2. The van der Waals surface area contributed by atoms with Gasteiger partial charge in [-0.05, 0) is 85.5 Å². The molecule has 0 radical (unpaired) electrons. The number of nitrogens with one attached hydrogen (secondary N) is 6. The Morgan fingerprint density at radius 2 is 1.43 bits per heavy atom. The van der Waals surface area contributed by atoms with E-state index in [4.69, 9.17) is 39.5 Å². The number of pyridine rings is 1. The molecule has 9 amide bonds. The molecule has 9 N–H and O–H groups in total. The summed E-state index contributed by atoms with van der Waals surface area (Å²) in [6, 6.07) is 13.7. The van der Waals surface area contributed by atoms with E-state index in [0.717, 1.165) is 58.0 Å². The van der Waals surface area contributed by atoms with Crippen molar-refractivity contribution >= 4 is 70.3 Å². The van der Waals surface area contributed by atoms with E-state index in [9.17, 15) is 48.3 Å². The quantitative estimate of drug-likeness (QED) is 0.0209. The summed E-state index contributed by atoms with van der Waals surface area (Å²) in [7, 11) is 0. The monoisotopic (exact) mass is 1220 g/mol. The molecule has 0 unspecified atom stereocenters. The van der Waals surface area contributed by atoms with E-state index in [2.05, 4.69) is 46.6 Å². The highest BCUT2D eigenvalue weighted by molar-refractivity contribution is 6.12. The average Bonchev–Trinajstić information content (AvgIpc) is 1.71. The zero-order chi connectivity index (χ0) is 62.8. The fourth-order valence-electron chi connectivity index (χ4n) is 9.42. The summed E-state index contributed by atoms with van der Waals surface area (Å²) in [6.07, 6.45) is 6.79. The number of alkyl carbamates (subject to hydrolysis) is 1. The number of carboxylic acid groups (broad SMARTS) is 1. The largest absolute Gasteiger partial charge is 0.481 e. The average molecular weight is 1220 g/mol. The number of urea groups is 1. The lowest BCUT2D eigenvalue weighted by Gasteiger charge is -2.27. The number of fused-ring (bicyclic) bond motifs is 2. The molecule has 28 nitrogen and oxygen atoms in total. The number of amides is 9. The predicted octanol–water partition coefficient (Wildman–Crippen LogP) is 2.71. The molecule has 0 bridgehead atoms. The fraction of sp³-hybridized carbons (Fsp3) is 0.450. The second-order valence-corrected chi connectivity index (χ2v) is 20.9. The van der Waals surface area contributed by atoms with Gasteiger partial charge in [-0.1, -0.05) is 38.1 Å². The number of aliphatic carboxylic acids is 1. The van der Waals surface area contributed by atoms with Crippen LogP contribution < -0.4 is 37.6 Å². The van der Waals surface area contributed by atoms with Crippen molar-refractivity contribution in [2.75, 3.05) is 77.8 Å². The molecule has 88 heavy (non-hydrogen) atoms. The van der Waals surface area contributed by atoms with Crippen molar-refractivity contribution in [1.29, 1.82) is 0 Å². The van der Waals surface area contributed by atoms with E-state index in [1.54, 1.807) is 50.5 Å². The van der Waals surface area contributed by atoms with Crippen LogP contribution in [0.5, 0.6) is 0 Å². The third kappa shape index (κ3) is 20.7. The Bertz CT molecular complexity index is 3230. The van der Waals surface area contributed by atoms with Crippen LogP contribution in [0.3, 0.4) is 0 Å². The number of hydrogen-bond acceptors (Lipinski definition) is 18. The molecule has 2 aromatic carbocycles. The van der Waals surface area contributed by atoms with Gasteiger partial charge in [0.1, 0.15) is 30.4 Å². The highest BCUT2D eigenvalue weighted by atomic mass is 16.6. The van der Waals surface area contributed by atoms with E-state index < -0.39 is 72.2 Å². The second-order valence-electron chi connectivity index (χ2n) is 20.9. The van der Waals surface area contributed by atoms with Gasteiger partial charge in [-0.3, -0.25) is 53.1 Å². The van der Waals surface area contributed by atoms with Crippen LogP contribution in [-0.2, 0) is 83.2 Å². The molecular weight excluding hydrogens is 1140 g/mol. The van der Waals surface area contributed by atoms with Crippen LogP contribution in [0, 0.1) is 5.92 Å². The fourth-order valence-corrected chi connectivity index (χ4v) is 9.42. The minimum absolute atomic E-state index is 0.0276. The van der Waals surface area contributed by atoms with Crippen molar-refractivity contribution in [3.63, 3.8) is 0 Å². The topological polar surface area (TPSA) is 378 Å². The first-order chi connectivity index (χ1) is 42.5. The summed E-state index contributed by atoms with van der Waals surface area (Å²) in [6.45, 7) is 6.03. The Labute approximate surface area is 507 Å². The molecule has 0 fully saturated rings. The summed E-state index contributed by atoms with van der Waals surface area (Å²) in [5.41, 5.74) is 13.1. The number of nitrogens with zero attached hydrogens (tertiary/aromatic N) is 6. The van der Waals surface area contributed by atoms with E-state index in [1.807, 2.05) is 36.4 Å². The first-order valence-electron chi connectivity index (χ1n) is 29.1. The molecule has 3 aromatic heterocycles. The van der Waals surface area contributed by atoms with Gasteiger partial charge >= 0.3 is 18.1 Å².